The smallest absolute Gasteiger partial charge is 0.00719 e. The van der Waals surface area contributed by atoms with Crippen LogP contribution in [0.2, 0.25) is 0 Å². The van der Waals surface area contributed by atoms with Crippen LogP contribution in [0, 0.1) is 0 Å². The van der Waals surface area contributed by atoms with Gasteiger partial charge in [-0.15, -0.1) is 11.8 Å². The van der Waals surface area contributed by atoms with Gasteiger partial charge in [0.15, 0.2) is 0 Å². The zero-order chi connectivity index (χ0) is 13.3. The van der Waals surface area contributed by atoms with Crippen molar-refractivity contribution in [2.24, 2.45) is 0 Å². The number of likely N-dealkylation sites (N-methyl/N-ethyl adjacent to an activating group) is 1. The molecule has 0 fully saturated rings. The molecule has 0 aliphatic rings. The van der Waals surface area contributed by atoms with Crippen molar-refractivity contribution in [3.63, 3.8) is 0 Å². The number of nitrogens with one attached hydrogen (secondary N) is 1. The van der Waals surface area contributed by atoms with Gasteiger partial charge in [-0.05, 0) is 42.8 Å². The van der Waals surface area contributed by atoms with E-state index in [4.69, 9.17) is 0 Å². The standard InChI is InChI=1S/C17H21NS/c1-18-14-16(15-8-4-2-5-9-15)12-13-19-17-10-6-3-7-11-17/h2-11,16,18H,12-14H2,1H3. The Balaban J connectivity index is 1.87. The summed E-state index contributed by atoms with van der Waals surface area (Å²) in [6.07, 6.45) is 1.20. The normalized spacial score (nSPS) is 12.3. The predicted molar refractivity (Wildman–Crippen MR) is 84.9 cm³/mol. The minimum Gasteiger partial charge on any atom is -0.319 e. The third kappa shape index (κ3) is 4.73. The summed E-state index contributed by atoms with van der Waals surface area (Å²) in [7, 11) is 2.03. The van der Waals surface area contributed by atoms with Gasteiger partial charge in [0.2, 0.25) is 0 Å². The van der Waals surface area contributed by atoms with Gasteiger partial charge in [-0.25, -0.2) is 0 Å². The minimum absolute atomic E-state index is 0.599. The van der Waals surface area contributed by atoms with E-state index >= 15 is 0 Å². The Morgan fingerprint density at radius 2 is 1.58 bits per heavy atom. The summed E-state index contributed by atoms with van der Waals surface area (Å²) in [5.41, 5.74) is 1.44. The van der Waals surface area contributed by atoms with E-state index in [-0.39, 0.29) is 0 Å². The highest BCUT2D eigenvalue weighted by Gasteiger charge is 2.10. The summed E-state index contributed by atoms with van der Waals surface area (Å²) in [6.45, 7) is 1.04. The van der Waals surface area contributed by atoms with Gasteiger partial charge in [0.05, 0.1) is 0 Å². The molecule has 0 bridgehead atoms. The average Bonchev–Trinajstić information content (AvgIpc) is 2.48. The molecule has 2 aromatic carbocycles. The number of hydrogen-bond donors (Lipinski definition) is 1. The maximum absolute atomic E-state index is 3.31. The van der Waals surface area contributed by atoms with Gasteiger partial charge in [-0.1, -0.05) is 48.5 Å². The molecule has 2 aromatic rings. The van der Waals surface area contributed by atoms with E-state index in [0.717, 1.165) is 12.3 Å². The second-order valence-electron chi connectivity index (χ2n) is 4.62. The minimum atomic E-state index is 0.599. The first kappa shape index (κ1) is 14.2. The van der Waals surface area contributed by atoms with Gasteiger partial charge in [-0.2, -0.15) is 0 Å². The third-order valence-corrected chi connectivity index (χ3v) is 4.25. The molecular weight excluding hydrogens is 250 g/mol. The maximum Gasteiger partial charge on any atom is 0.00719 e. The van der Waals surface area contributed by atoms with Crippen LogP contribution in [0.25, 0.3) is 0 Å². The van der Waals surface area contributed by atoms with Crippen molar-refractivity contribution in [2.75, 3.05) is 19.3 Å². The zero-order valence-electron chi connectivity index (χ0n) is 11.4. The van der Waals surface area contributed by atoms with E-state index < -0.39 is 0 Å². The monoisotopic (exact) mass is 271 g/mol. The molecule has 1 atom stereocenters. The summed E-state index contributed by atoms with van der Waals surface area (Å²) in [5, 5.41) is 3.31. The van der Waals surface area contributed by atoms with Crippen molar-refractivity contribution < 1.29 is 0 Å². The van der Waals surface area contributed by atoms with Gasteiger partial charge in [-0.3, -0.25) is 0 Å². The molecule has 0 radical (unpaired) electrons. The van der Waals surface area contributed by atoms with E-state index in [1.54, 1.807) is 0 Å². The van der Waals surface area contributed by atoms with E-state index in [1.165, 1.54) is 16.9 Å². The molecule has 0 heterocycles. The van der Waals surface area contributed by atoms with Gasteiger partial charge in [0.25, 0.3) is 0 Å². The van der Waals surface area contributed by atoms with Crippen molar-refractivity contribution in [3.05, 3.63) is 66.2 Å². The summed E-state index contributed by atoms with van der Waals surface area (Å²) < 4.78 is 0. The summed E-state index contributed by atoms with van der Waals surface area (Å²) in [6, 6.07) is 21.4. The van der Waals surface area contributed by atoms with E-state index in [2.05, 4.69) is 66.0 Å². The van der Waals surface area contributed by atoms with Crippen LogP contribution in [-0.4, -0.2) is 19.3 Å². The molecule has 19 heavy (non-hydrogen) atoms. The van der Waals surface area contributed by atoms with Crippen LogP contribution in [-0.2, 0) is 0 Å². The maximum atomic E-state index is 3.31. The Bertz CT molecular complexity index is 455. The lowest BCUT2D eigenvalue weighted by atomic mass is 9.96. The third-order valence-electron chi connectivity index (χ3n) is 3.20. The first-order valence-electron chi connectivity index (χ1n) is 6.77. The fourth-order valence-corrected chi connectivity index (χ4v) is 3.18. The molecule has 1 N–H and O–H groups in total. The lowest BCUT2D eigenvalue weighted by Crippen LogP contribution is -2.17. The van der Waals surface area contributed by atoms with Crippen LogP contribution in [0.4, 0.5) is 0 Å². The number of hydrogen-bond acceptors (Lipinski definition) is 2. The molecule has 0 saturated carbocycles. The van der Waals surface area contributed by atoms with Crippen molar-refractivity contribution in [3.8, 4) is 0 Å². The highest BCUT2D eigenvalue weighted by Crippen LogP contribution is 2.24. The number of thioether (sulfide) groups is 1. The van der Waals surface area contributed by atoms with Crippen LogP contribution >= 0.6 is 11.8 Å². The van der Waals surface area contributed by atoms with Gasteiger partial charge >= 0.3 is 0 Å². The Morgan fingerprint density at radius 1 is 0.947 bits per heavy atom. The van der Waals surface area contributed by atoms with Crippen LogP contribution in [0.15, 0.2) is 65.6 Å². The first-order valence-corrected chi connectivity index (χ1v) is 7.76. The van der Waals surface area contributed by atoms with Crippen molar-refractivity contribution >= 4 is 11.8 Å². The van der Waals surface area contributed by atoms with Crippen molar-refractivity contribution in [2.45, 2.75) is 17.2 Å². The van der Waals surface area contributed by atoms with E-state index in [9.17, 15) is 0 Å². The number of rotatable bonds is 7. The molecule has 0 aliphatic carbocycles. The zero-order valence-corrected chi connectivity index (χ0v) is 12.2. The summed E-state index contributed by atoms with van der Waals surface area (Å²) >= 11 is 1.94. The average molecular weight is 271 g/mol. The van der Waals surface area contributed by atoms with Gasteiger partial charge in [0.1, 0.15) is 0 Å². The molecule has 0 saturated heterocycles. The van der Waals surface area contributed by atoms with Crippen LogP contribution in [0.3, 0.4) is 0 Å². The molecule has 2 heteroatoms. The molecule has 0 amide bonds. The fourth-order valence-electron chi connectivity index (χ4n) is 2.19. The fraction of sp³-hybridized carbons (Fsp3) is 0.294. The number of benzene rings is 2. The SMILES string of the molecule is CNCC(CCSc1ccccc1)c1ccccc1. The first-order chi connectivity index (χ1) is 9.40. The Hall–Kier alpha value is -1.25. The van der Waals surface area contributed by atoms with Crippen LogP contribution in [0.5, 0.6) is 0 Å². The molecule has 2 rings (SSSR count). The van der Waals surface area contributed by atoms with Crippen LogP contribution < -0.4 is 5.32 Å². The van der Waals surface area contributed by atoms with Gasteiger partial charge in [0, 0.05) is 11.4 Å². The highest BCUT2D eigenvalue weighted by atomic mass is 32.2. The highest BCUT2D eigenvalue weighted by molar-refractivity contribution is 7.99. The summed E-state index contributed by atoms with van der Waals surface area (Å²) in [4.78, 5) is 1.36. The summed E-state index contributed by atoms with van der Waals surface area (Å²) in [5.74, 6) is 1.76. The van der Waals surface area contributed by atoms with E-state index in [1.807, 2.05) is 18.8 Å². The molecule has 1 unspecified atom stereocenters. The molecule has 0 spiro atoms. The lowest BCUT2D eigenvalue weighted by Gasteiger charge is -2.16. The van der Waals surface area contributed by atoms with Gasteiger partial charge < -0.3 is 5.32 Å². The van der Waals surface area contributed by atoms with E-state index in [0.29, 0.717) is 5.92 Å². The topological polar surface area (TPSA) is 12.0 Å². The molecular formula is C17H21NS. The molecule has 0 aromatic heterocycles. The molecule has 0 aliphatic heterocycles. The second-order valence-corrected chi connectivity index (χ2v) is 5.78. The predicted octanol–water partition coefficient (Wildman–Crippen LogP) is 4.17. The largest absolute Gasteiger partial charge is 0.319 e. The van der Waals surface area contributed by atoms with Crippen molar-refractivity contribution in [1.29, 1.82) is 0 Å². The lowest BCUT2D eigenvalue weighted by molar-refractivity contribution is 0.616. The Morgan fingerprint density at radius 3 is 2.21 bits per heavy atom. The quantitative estimate of drug-likeness (QED) is 0.758. The second kappa shape index (κ2) is 8.03. The molecule has 100 valence electrons. The molecule has 1 nitrogen and oxygen atoms in total. The van der Waals surface area contributed by atoms with Crippen molar-refractivity contribution in [1.82, 2.24) is 5.32 Å². The van der Waals surface area contributed by atoms with Crippen LogP contribution in [0.1, 0.15) is 17.9 Å². The Kier molecular flexibility index (Phi) is 5.99. The Labute approximate surface area is 120 Å².